The van der Waals surface area contributed by atoms with E-state index in [1.807, 2.05) is 6.08 Å². The summed E-state index contributed by atoms with van der Waals surface area (Å²) >= 11 is 0. The Morgan fingerprint density at radius 1 is 1.60 bits per heavy atom. The maximum absolute atomic E-state index is 5.78. The van der Waals surface area contributed by atoms with Crippen molar-refractivity contribution in [3.8, 4) is 0 Å². The van der Waals surface area contributed by atoms with Crippen LogP contribution in [0.3, 0.4) is 0 Å². The molecule has 0 aliphatic heterocycles. The molecule has 0 saturated heterocycles. The summed E-state index contributed by atoms with van der Waals surface area (Å²) < 4.78 is 0. The molecule has 0 heterocycles. The van der Waals surface area contributed by atoms with Gasteiger partial charge in [0, 0.05) is 5.70 Å². The zero-order chi connectivity index (χ0) is 7.40. The Balaban J connectivity index is 2.72. The van der Waals surface area contributed by atoms with Crippen molar-refractivity contribution in [2.75, 3.05) is 0 Å². The van der Waals surface area contributed by atoms with Gasteiger partial charge in [0.05, 0.1) is 0 Å². The average molecular weight is 137 g/mol. The molecule has 1 rings (SSSR count). The molecule has 0 bridgehead atoms. The second kappa shape index (κ2) is 3.45. The minimum absolute atomic E-state index is 1.00. The zero-order valence-electron chi connectivity index (χ0n) is 6.56. The minimum Gasteiger partial charge on any atom is -0.399 e. The van der Waals surface area contributed by atoms with E-state index in [4.69, 9.17) is 5.73 Å². The smallest absolute Gasteiger partial charge is 0.0302 e. The van der Waals surface area contributed by atoms with Gasteiger partial charge in [-0.1, -0.05) is 13.0 Å². The summed E-state index contributed by atoms with van der Waals surface area (Å²) in [7, 11) is 0. The number of rotatable bonds is 1. The standard InChI is InChI=1S/C9H15N/c1-2-8-6-4-3-5-7-9(8)10/h5,7H,2-4,6,10H2,1H3. The highest BCUT2D eigenvalue weighted by Gasteiger charge is 2.01. The van der Waals surface area contributed by atoms with Crippen LogP contribution in [0.5, 0.6) is 0 Å². The average Bonchev–Trinajstić information content (AvgIpc) is 2.13. The van der Waals surface area contributed by atoms with E-state index in [-0.39, 0.29) is 0 Å². The fraction of sp³-hybridized carbons (Fsp3) is 0.556. The van der Waals surface area contributed by atoms with Gasteiger partial charge in [0.2, 0.25) is 0 Å². The Morgan fingerprint density at radius 2 is 2.40 bits per heavy atom. The Hall–Kier alpha value is -0.720. The van der Waals surface area contributed by atoms with Crippen LogP contribution in [0.1, 0.15) is 32.6 Å². The van der Waals surface area contributed by atoms with Gasteiger partial charge < -0.3 is 5.73 Å². The molecule has 1 aliphatic rings. The Labute approximate surface area is 62.6 Å². The summed E-state index contributed by atoms with van der Waals surface area (Å²) in [6, 6.07) is 0. The van der Waals surface area contributed by atoms with E-state index in [1.54, 1.807) is 0 Å². The van der Waals surface area contributed by atoms with Crippen LogP contribution in [0.25, 0.3) is 0 Å². The topological polar surface area (TPSA) is 26.0 Å². The molecule has 10 heavy (non-hydrogen) atoms. The number of allylic oxidation sites excluding steroid dienone is 3. The minimum atomic E-state index is 1.00. The number of hydrogen-bond donors (Lipinski definition) is 1. The molecule has 0 aromatic heterocycles. The van der Waals surface area contributed by atoms with Crippen molar-refractivity contribution in [2.24, 2.45) is 5.73 Å². The van der Waals surface area contributed by atoms with E-state index in [2.05, 4.69) is 13.0 Å². The third-order valence-corrected chi connectivity index (χ3v) is 1.98. The van der Waals surface area contributed by atoms with Crippen molar-refractivity contribution >= 4 is 0 Å². The molecule has 0 radical (unpaired) electrons. The van der Waals surface area contributed by atoms with Crippen LogP contribution in [-0.2, 0) is 0 Å². The molecule has 0 atom stereocenters. The molecule has 0 aromatic rings. The lowest BCUT2D eigenvalue weighted by atomic mass is 10.1. The van der Waals surface area contributed by atoms with E-state index in [0.29, 0.717) is 0 Å². The monoisotopic (exact) mass is 137 g/mol. The normalized spacial score (nSPS) is 19.3. The summed E-state index contributed by atoms with van der Waals surface area (Å²) in [5.74, 6) is 0. The first-order chi connectivity index (χ1) is 4.84. The van der Waals surface area contributed by atoms with Gasteiger partial charge in [0.25, 0.3) is 0 Å². The van der Waals surface area contributed by atoms with Crippen LogP contribution in [0.2, 0.25) is 0 Å². The maximum atomic E-state index is 5.78. The van der Waals surface area contributed by atoms with Crippen molar-refractivity contribution in [3.05, 3.63) is 23.4 Å². The highest BCUT2D eigenvalue weighted by atomic mass is 14.6. The predicted octanol–water partition coefficient (Wildman–Crippen LogP) is 2.35. The van der Waals surface area contributed by atoms with Gasteiger partial charge in [-0.25, -0.2) is 0 Å². The van der Waals surface area contributed by atoms with Crippen LogP contribution < -0.4 is 5.73 Å². The molecule has 56 valence electrons. The zero-order valence-corrected chi connectivity index (χ0v) is 6.56. The molecular formula is C9H15N. The van der Waals surface area contributed by atoms with E-state index >= 15 is 0 Å². The molecule has 2 N–H and O–H groups in total. The fourth-order valence-corrected chi connectivity index (χ4v) is 1.29. The van der Waals surface area contributed by atoms with Gasteiger partial charge >= 0.3 is 0 Å². The summed E-state index contributed by atoms with van der Waals surface area (Å²) in [5, 5.41) is 0. The molecule has 0 spiro atoms. The van der Waals surface area contributed by atoms with E-state index in [9.17, 15) is 0 Å². The van der Waals surface area contributed by atoms with Gasteiger partial charge in [0.15, 0.2) is 0 Å². The Bertz CT molecular complexity index is 166. The molecule has 0 unspecified atom stereocenters. The van der Waals surface area contributed by atoms with Gasteiger partial charge in [-0.2, -0.15) is 0 Å². The summed E-state index contributed by atoms with van der Waals surface area (Å²) in [6.45, 7) is 2.17. The second-order valence-corrected chi connectivity index (χ2v) is 2.71. The van der Waals surface area contributed by atoms with Crippen molar-refractivity contribution in [1.29, 1.82) is 0 Å². The largest absolute Gasteiger partial charge is 0.399 e. The second-order valence-electron chi connectivity index (χ2n) is 2.71. The highest BCUT2D eigenvalue weighted by molar-refractivity contribution is 5.24. The third kappa shape index (κ3) is 1.63. The van der Waals surface area contributed by atoms with Crippen LogP contribution in [-0.4, -0.2) is 0 Å². The van der Waals surface area contributed by atoms with Crippen molar-refractivity contribution in [1.82, 2.24) is 0 Å². The number of hydrogen-bond acceptors (Lipinski definition) is 1. The molecule has 1 heteroatoms. The molecule has 1 aliphatic carbocycles. The van der Waals surface area contributed by atoms with E-state index < -0.39 is 0 Å². The first-order valence-electron chi connectivity index (χ1n) is 3.98. The van der Waals surface area contributed by atoms with Crippen molar-refractivity contribution in [2.45, 2.75) is 32.6 Å². The molecule has 0 amide bonds. The van der Waals surface area contributed by atoms with Crippen LogP contribution in [0.4, 0.5) is 0 Å². The third-order valence-electron chi connectivity index (χ3n) is 1.98. The number of nitrogens with two attached hydrogens (primary N) is 1. The molecule has 0 aromatic carbocycles. The summed E-state index contributed by atoms with van der Waals surface area (Å²) in [5.41, 5.74) is 8.21. The predicted molar refractivity (Wildman–Crippen MR) is 44.5 cm³/mol. The molecule has 0 fully saturated rings. The lowest BCUT2D eigenvalue weighted by Gasteiger charge is -2.02. The Kier molecular flexibility index (Phi) is 2.55. The first-order valence-corrected chi connectivity index (χ1v) is 3.98. The first kappa shape index (κ1) is 7.39. The van der Waals surface area contributed by atoms with Crippen LogP contribution in [0, 0.1) is 0 Å². The summed E-state index contributed by atoms with van der Waals surface area (Å²) in [4.78, 5) is 0. The van der Waals surface area contributed by atoms with E-state index in [0.717, 1.165) is 12.1 Å². The van der Waals surface area contributed by atoms with Crippen LogP contribution in [0.15, 0.2) is 23.4 Å². The van der Waals surface area contributed by atoms with Gasteiger partial charge in [0.1, 0.15) is 0 Å². The quantitative estimate of drug-likeness (QED) is 0.590. The van der Waals surface area contributed by atoms with Gasteiger partial charge in [-0.15, -0.1) is 0 Å². The maximum Gasteiger partial charge on any atom is 0.0302 e. The van der Waals surface area contributed by atoms with Gasteiger partial charge in [-0.3, -0.25) is 0 Å². The molecular weight excluding hydrogens is 122 g/mol. The Morgan fingerprint density at radius 3 is 3.10 bits per heavy atom. The van der Waals surface area contributed by atoms with Crippen LogP contribution >= 0.6 is 0 Å². The fourth-order valence-electron chi connectivity index (χ4n) is 1.29. The molecule has 1 nitrogen and oxygen atoms in total. The molecule has 0 saturated carbocycles. The van der Waals surface area contributed by atoms with Crippen molar-refractivity contribution < 1.29 is 0 Å². The lowest BCUT2D eigenvalue weighted by Crippen LogP contribution is -1.97. The SMILES string of the molecule is CCC1=C(N)C=CCCC1. The van der Waals surface area contributed by atoms with Crippen molar-refractivity contribution in [3.63, 3.8) is 0 Å². The van der Waals surface area contributed by atoms with Gasteiger partial charge in [-0.05, 0) is 37.3 Å². The highest BCUT2D eigenvalue weighted by Crippen LogP contribution is 2.17. The summed E-state index contributed by atoms with van der Waals surface area (Å²) in [6.07, 6.45) is 8.96. The van der Waals surface area contributed by atoms with E-state index in [1.165, 1.54) is 24.8 Å². The lowest BCUT2D eigenvalue weighted by molar-refractivity contribution is 0.806.